The summed E-state index contributed by atoms with van der Waals surface area (Å²) >= 11 is 0. The molecule has 0 rings (SSSR count). The van der Waals surface area contributed by atoms with Crippen molar-refractivity contribution < 1.29 is 4.79 Å². The first-order valence-electron chi connectivity index (χ1n) is 1.78. The van der Waals surface area contributed by atoms with E-state index in [1.165, 1.54) is 0 Å². The molecule has 38 valence electrons. The van der Waals surface area contributed by atoms with E-state index < -0.39 is 6.03 Å². The fourth-order valence-corrected chi connectivity index (χ4v) is 0. The molecule has 0 aliphatic heterocycles. The van der Waals surface area contributed by atoms with Crippen LogP contribution in [0.3, 0.4) is 0 Å². The molecule has 2 amide bonds. The molecular formula is C3H10N2O. The SMILES string of the molecule is CC.NC(N)=O. The maximum Gasteiger partial charge on any atom is 0.309 e. The zero-order valence-electron chi connectivity index (χ0n) is 4.06. The second kappa shape index (κ2) is 8.86. The lowest BCUT2D eigenvalue weighted by Gasteiger charge is -1.62. The van der Waals surface area contributed by atoms with Gasteiger partial charge in [-0.1, -0.05) is 13.8 Å². The molecule has 0 atom stereocenters. The highest BCUT2D eigenvalue weighted by molar-refractivity contribution is 5.69. The second-order valence-electron chi connectivity index (χ2n) is 0.402. The van der Waals surface area contributed by atoms with Crippen LogP contribution in [-0.2, 0) is 0 Å². The van der Waals surface area contributed by atoms with Gasteiger partial charge in [-0.05, 0) is 0 Å². The maximum atomic E-state index is 9.00. The van der Waals surface area contributed by atoms with E-state index in [1.54, 1.807) is 0 Å². The molecular weight excluding hydrogens is 80.0 g/mol. The summed E-state index contributed by atoms with van der Waals surface area (Å²) in [4.78, 5) is 9.00. The maximum absolute atomic E-state index is 9.00. The third kappa shape index (κ3) is 31.6. The van der Waals surface area contributed by atoms with Crippen LogP contribution in [0.1, 0.15) is 13.8 Å². The molecule has 0 saturated carbocycles. The summed E-state index contributed by atoms with van der Waals surface area (Å²) in [5.74, 6) is 0. The summed E-state index contributed by atoms with van der Waals surface area (Å²) in [5, 5.41) is 0. The Kier molecular flexibility index (Phi) is 13.3. The average molecular weight is 90.1 g/mol. The Morgan fingerprint density at radius 1 is 1.33 bits per heavy atom. The van der Waals surface area contributed by atoms with E-state index >= 15 is 0 Å². The molecule has 0 unspecified atom stereocenters. The number of carbonyl (C=O) groups excluding carboxylic acids is 1. The molecule has 0 aromatic rings. The van der Waals surface area contributed by atoms with Crippen LogP contribution in [0.4, 0.5) is 4.79 Å². The van der Waals surface area contributed by atoms with E-state index in [1.807, 2.05) is 13.8 Å². The van der Waals surface area contributed by atoms with Crippen LogP contribution in [-0.4, -0.2) is 6.03 Å². The van der Waals surface area contributed by atoms with Gasteiger partial charge < -0.3 is 11.5 Å². The van der Waals surface area contributed by atoms with Crippen molar-refractivity contribution in [2.75, 3.05) is 0 Å². The summed E-state index contributed by atoms with van der Waals surface area (Å²) in [6.45, 7) is 4.00. The number of hydrogen-bond donors (Lipinski definition) is 2. The highest BCUT2D eigenvalue weighted by Crippen LogP contribution is 1.25. The predicted molar refractivity (Wildman–Crippen MR) is 25.1 cm³/mol. The summed E-state index contributed by atoms with van der Waals surface area (Å²) in [6.07, 6.45) is 0. The number of nitrogens with two attached hydrogens (primary N) is 2. The fourth-order valence-electron chi connectivity index (χ4n) is 0. The van der Waals surface area contributed by atoms with Gasteiger partial charge in [-0.15, -0.1) is 0 Å². The fraction of sp³-hybridized carbons (Fsp3) is 0.667. The molecule has 0 aromatic heterocycles. The van der Waals surface area contributed by atoms with Gasteiger partial charge in [-0.25, -0.2) is 4.79 Å². The van der Waals surface area contributed by atoms with Crippen molar-refractivity contribution in [3.05, 3.63) is 0 Å². The topological polar surface area (TPSA) is 69.1 Å². The van der Waals surface area contributed by atoms with Crippen molar-refractivity contribution in [1.82, 2.24) is 0 Å². The number of amides is 2. The van der Waals surface area contributed by atoms with Gasteiger partial charge in [0.2, 0.25) is 0 Å². The van der Waals surface area contributed by atoms with Gasteiger partial charge in [-0.3, -0.25) is 0 Å². The number of hydrogen-bond acceptors (Lipinski definition) is 1. The second-order valence-corrected chi connectivity index (χ2v) is 0.402. The van der Waals surface area contributed by atoms with E-state index in [0.717, 1.165) is 0 Å². The standard InChI is InChI=1S/C2H6.CH4N2O/c1-2;2-1(3)4/h1-2H3;(H4,2,3,4). The number of primary amides is 2. The van der Waals surface area contributed by atoms with Crippen LogP contribution in [0.5, 0.6) is 0 Å². The lowest BCUT2D eigenvalue weighted by molar-refractivity contribution is 0.256. The molecule has 3 nitrogen and oxygen atoms in total. The summed E-state index contributed by atoms with van der Waals surface area (Å²) < 4.78 is 0. The molecule has 0 aliphatic carbocycles. The lowest BCUT2D eigenvalue weighted by atomic mass is 11.0. The smallest absolute Gasteiger partial charge is 0.309 e. The van der Waals surface area contributed by atoms with Crippen molar-refractivity contribution in [1.29, 1.82) is 0 Å². The first-order valence-corrected chi connectivity index (χ1v) is 1.78. The van der Waals surface area contributed by atoms with Gasteiger partial charge in [0.1, 0.15) is 0 Å². The molecule has 0 saturated heterocycles. The third-order valence-electron chi connectivity index (χ3n) is 0. The van der Waals surface area contributed by atoms with Gasteiger partial charge in [0.25, 0.3) is 0 Å². The summed E-state index contributed by atoms with van der Waals surface area (Å²) in [6, 6.07) is -0.833. The lowest BCUT2D eigenvalue weighted by Crippen LogP contribution is -2.18. The van der Waals surface area contributed by atoms with Gasteiger partial charge in [0.15, 0.2) is 0 Å². The number of rotatable bonds is 0. The van der Waals surface area contributed by atoms with Crippen LogP contribution < -0.4 is 11.5 Å². The minimum atomic E-state index is -0.833. The van der Waals surface area contributed by atoms with Gasteiger partial charge >= 0.3 is 6.03 Å². The van der Waals surface area contributed by atoms with E-state index in [2.05, 4.69) is 11.5 Å². The van der Waals surface area contributed by atoms with Crippen LogP contribution in [0.25, 0.3) is 0 Å². The first kappa shape index (κ1) is 8.99. The Bertz CT molecular complexity index is 31.8. The summed E-state index contributed by atoms with van der Waals surface area (Å²) in [5.41, 5.74) is 8.50. The molecule has 3 heteroatoms. The van der Waals surface area contributed by atoms with Gasteiger partial charge in [0, 0.05) is 0 Å². The first-order chi connectivity index (χ1) is 2.73. The molecule has 0 aliphatic rings. The zero-order chi connectivity index (χ0) is 5.58. The number of carbonyl (C=O) groups is 1. The Balaban J connectivity index is 0. The van der Waals surface area contributed by atoms with Crippen LogP contribution in [0, 0.1) is 0 Å². The highest BCUT2D eigenvalue weighted by atomic mass is 16.2. The zero-order valence-corrected chi connectivity index (χ0v) is 4.06. The van der Waals surface area contributed by atoms with Gasteiger partial charge in [0.05, 0.1) is 0 Å². The third-order valence-corrected chi connectivity index (χ3v) is 0. The van der Waals surface area contributed by atoms with Crippen LogP contribution in [0.2, 0.25) is 0 Å². The average Bonchev–Trinajstić information content (AvgIpc) is 1.41. The Morgan fingerprint density at radius 2 is 1.33 bits per heavy atom. The van der Waals surface area contributed by atoms with E-state index in [4.69, 9.17) is 4.79 Å². The van der Waals surface area contributed by atoms with Gasteiger partial charge in [-0.2, -0.15) is 0 Å². The van der Waals surface area contributed by atoms with Crippen molar-refractivity contribution >= 4 is 6.03 Å². The Labute approximate surface area is 37.3 Å². The quantitative estimate of drug-likeness (QED) is 0.433. The molecule has 4 N–H and O–H groups in total. The van der Waals surface area contributed by atoms with Crippen molar-refractivity contribution in [2.24, 2.45) is 11.5 Å². The molecule has 0 aromatic carbocycles. The normalized spacial score (nSPS) is 5.00. The van der Waals surface area contributed by atoms with E-state index in [9.17, 15) is 0 Å². The number of urea groups is 1. The minimum Gasteiger partial charge on any atom is -0.352 e. The molecule has 6 heavy (non-hydrogen) atoms. The highest BCUT2D eigenvalue weighted by Gasteiger charge is 1.60. The van der Waals surface area contributed by atoms with E-state index in [0.29, 0.717) is 0 Å². The molecule has 0 bridgehead atoms. The van der Waals surface area contributed by atoms with E-state index in [-0.39, 0.29) is 0 Å². The predicted octanol–water partition coefficient (Wildman–Crippen LogP) is 0.0500. The molecule has 0 heterocycles. The van der Waals surface area contributed by atoms with Crippen LogP contribution in [0.15, 0.2) is 0 Å². The van der Waals surface area contributed by atoms with Crippen molar-refractivity contribution in [3.63, 3.8) is 0 Å². The molecule has 0 radical (unpaired) electrons. The summed E-state index contributed by atoms with van der Waals surface area (Å²) in [7, 11) is 0. The molecule has 0 fully saturated rings. The Morgan fingerprint density at radius 3 is 1.33 bits per heavy atom. The monoisotopic (exact) mass is 90.1 g/mol. The van der Waals surface area contributed by atoms with Crippen molar-refractivity contribution in [2.45, 2.75) is 13.8 Å². The minimum absolute atomic E-state index is 0.833. The largest absolute Gasteiger partial charge is 0.352 e. The molecule has 0 spiro atoms. The Hall–Kier alpha value is -0.730. The van der Waals surface area contributed by atoms with Crippen LogP contribution >= 0.6 is 0 Å². The van der Waals surface area contributed by atoms with Crippen molar-refractivity contribution in [3.8, 4) is 0 Å².